The molecular weight excluding hydrogens is 300 g/mol. The SMILES string of the molecule is C1=CC2=C(CC1)CCC1=CC(c3ccccc3)(c3ccccc3)C=C12. The molecule has 3 aliphatic carbocycles. The molecule has 0 N–H and O–H groups in total. The van der Waals surface area contributed by atoms with Crippen molar-refractivity contribution in [2.45, 2.75) is 31.1 Å². The van der Waals surface area contributed by atoms with Crippen LogP contribution in [0, 0.1) is 0 Å². The van der Waals surface area contributed by atoms with E-state index in [0.29, 0.717) is 0 Å². The second-order valence-electron chi connectivity index (χ2n) is 7.29. The number of fused-ring (bicyclic) bond motifs is 2. The second kappa shape index (κ2) is 5.74. The molecule has 0 radical (unpaired) electrons. The lowest BCUT2D eigenvalue weighted by atomic mass is 9.75. The van der Waals surface area contributed by atoms with Crippen LogP contribution in [0.1, 0.15) is 36.8 Å². The summed E-state index contributed by atoms with van der Waals surface area (Å²) in [5.41, 5.74) is 8.74. The number of rotatable bonds is 2. The molecule has 0 unspecified atom stereocenters. The summed E-state index contributed by atoms with van der Waals surface area (Å²) in [4.78, 5) is 0. The molecule has 3 aliphatic rings. The van der Waals surface area contributed by atoms with Crippen LogP contribution in [0.25, 0.3) is 0 Å². The molecule has 0 heteroatoms. The predicted molar refractivity (Wildman–Crippen MR) is 104 cm³/mol. The lowest BCUT2D eigenvalue weighted by Gasteiger charge is -2.27. The van der Waals surface area contributed by atoms with E-state index in [9.17, 15) is 0 Å². The Morgan fingerprint density at radius 2 is 1.36 bits per heavy atom. The quantitative estimate of drug-likeness (QED) is 0.610. The maximum Gasteiger partial charge on any atom is 0.0577 e. The topological polar surface area (TPSA) is 0 Å². The van der Waals surface area contributed by atoms with E-state index < -0.39 is 0 Å². The van der Waals surface area contributed by atoms with Gasteiger partial charge in [0.05, 0.1) is 5.41 Å². The van der Waals surface area contributed by atoms with E-state index in [4.69, 9.17) is 0 Å². The minimum absolute atomic E-state index is 0.138. The van der Waals surface area contributed by atoms with Gasteiger partial charge in [-0.05, 0) is 53.5 Å². The van der Waals surface area contributed by atoms with Gasteiger partial charge in [-0.3, -0.25) is 0 Å². The van der Waals surface area contributed by atoms with E-state index in [1.54, 1.807) is 5.57 Å². The molecule has 0 bridgehead atoms. The third kappa shape index (κ3) is 2.28. The van der Waals surface area contributed by atoms with Crippen molar-refractivity contribution < 1.29 is 0 Å². The van der Waals surface area contributed by atoms with Crippen molar-refractivity contribution in [3.05, 3.63) is 118 Å². The van der Waals surface area contributed by atoms with Gasteiger partial charge in [-0.2, -0.15) is 0 Å². The summed E-state index contributed by atoms with van der Waals surface area (Å²) in [6.45, 7) is 0. The van der Waals surface area contributed by atoms with Crippen molar-refractivity contribution in [2.24, 2.45) is 0 Å². The van der Waals surface area contributed by atoms with Crippen LogP contribution in [0.5, 0.6) is 0 Å². The summed E-state index contributed by atoms with van der Waals surface area (Å²) in [7, 11) is 0. The number of hydrogen-bond acceptors (Lipinski definition) is 0. The highest BCUT2D eigenvalue weighted by atomic mass is 14.4. The Bertz CT molecular complexity index is 881. The van der Waals surface area contributed by atoms with Gasteiger partial charge in [-0.25, -0.2) is 0 Å². The zero-order valence-corrected chi connectivity index (χ0v) is 14.4. The van der Waals surface area contributed by atoms with Crippen LogP contribution in [0.4, 0.5) is 0 Å². The van der Waals surface area contributed by atoms with Gasteiger partial charge in [-0.1, -0.05) is 90.5 Å². The van der Waals surface area contributed by atoms with Crippen molar-refractivity contribution in [3.63, 3.8) is 0 Å². The normalized spacial score (nSPS) is 20.6. The first-order valence-corrected chi connectivity index (χ1v) is 9.32. The zero-order valence-electron chi connectivity index (χ0n) is 14.4. The third-order valence-electron chi connectivity index (χ3n) is 5.89. The van der Waals surface area contributed by atoms with Crippen molar-refractivity contribution in [1.82, 2.24) is 0 Å². The van der Waals surface area contributed by atoms with E-state index >= 15 is 0 Å². The molecule has 0 aromatic heterocycles. The highest BCUT2D eigenvalue weighted by Gasteiger charge is 2.38. The van der Waals surface area contributed by atoms with E-state index in [-0.39, 0.29) is 5.41 Å². The number of benzene rings is 2. The molecule has 2 aromatic carbocycles. The van der Waals surface area contributed by atoms with Gasteiger partial charge in [0.1, 0.15) is 0 Å². The van der Waals surface area contributed by atoms with Crippen molar-refractivity contribution >= 4 is 0 Å². The van der Waals surface area contributed by atoms with Gasteiger partial charge in [0, 0.05) is 0 Å². The van der Waals surface area contributed by atoms with Crippen LogP contribution in [0.3, 0.4) is 0 Å². The molecule has 122 valence electrons. The fourth-order valence-corrected chi connectivity index (χ4v) is 4.64. The predicted octanol–water partition coefficient (Wildman–Crippen LogP) is 6.28. The molecule has 0 amide bonds. The number of allylic oxidation sites excluding steroid dienone is 8. The average Bonchev–Trinajstić information content (AvgIpc) is 3.11. The van der Waals surface area contributed by atoms with Gasteiger partial charge in [-0.15, -0.1) is 0 Å². The minimum Gasteiger partial charge on any atom is -0.0836 e. The Kier molecular flexibility index (Phi) is 3.38. The zero-order chi connectivity index (χ0) is 16.7. The van der Waals surface area contributed by atoms with Gasteiger partial charge in [0.25, 0.3) is 0 Å². The molecule has 0 fully saturated rings. The van der Waals surface area contributed by atoms with E-state index in [2.05, 4.69) is 85.0 Å². The second-order valence-corrected chi connectivity index (χ2v) is 7.29. The van der Waals surface area contributed by atoms with Crippen LogP contribution in [0.15, 0.2) is 107 Å². The Morgan fingerprint density at radius 3 is 2.04 bits per heavy atom. The minimum atomic E-state index is -0.138. The Hall–Kier alpha value is -2.60. The first-order chi connectivity index (χ1) is 12.4. The summed E-state index contributed by atoms with van der Waals surface area (Å²) >= 11 is 0. The summed E-state index contributed by atoms with van der Waals surface area (Å²) in [5.74, 6) is 0. The summed E-state index contributed by atoms with van der Waals surface area (Å²) in [6, 6.07) is 21.9. The maximum absolute atomic E-state index is 2.53. The van der Waals surface area contributed by atoms with Gasteiger partial charge in [0.2, 0.25) is 0 Å². The Morgan fingerprint density at radius 1 is 0.680 bits per heavy atom. The molecule has 0 saturated heterocycles. The smallest absolute Gasteiger partial charge is 0.0577 e. The Balaban J connectivity index is 1.75. The fraction of sp³-hybridized carbons (Fsp3) is 0.200. The van der Waals surface area contributed by atoms with Gasteiger partial charge in [0.15, 0.2) is 0 Å². The average molecular weight is 322 g/mol. The van der Waals surface area contributed by atoms with Crippen LogP contribution < -0.4 is 0 Å². The van der Waals surface area contributed by atoms with E-state index in [0.717, 1.165) is 0 Å². The summed E-state index contributed by atoms with van der Waals surface area (Å²) < 4.78 is 0. The van der Waals surface area contributed by atoms with Crippen LogP contribution in [-0.4, -0.2) is 0 Å². The molecule has 0 saturated carbocycles. The maximum atomic E-state index is 2.53. The molecular formula is C25H22. The first-order valence-electron chi connectivity index (χ1n) is 9.32. The highest BCUT2D eigenvalue weighted by molar-refractivity contribution is 5.68. The molecule has 0 nitrogen and oxygen atoms in total. The lowest BCUT2D eigenvalue weighted by molar-refractivity contribution is 0.798. The lowest BCUT2D eigenvalue weighted by Crippen LogP contribution is -2.21. The molecule has 0 spiro atoms. The molecule has 0 aliphatic heterocycles. The van der Waals surface area contributed by atoms with E-state index in [1.807, 2.05) is 0 Å². The van der Waals surface area contributed by atoms with Crippen molar-refractivity contribution in [1.29, 1.82) is 0 Å². The molecule has 5 rings (SSSR count). The fourth-order valence-electron chi connectivity index (χ4n) is 4.64. The van der Waals surface area contributed by atoms with Crippen LogP contribution in [0.2, 0.25) is 0 Å². The van der Waals surface area contributed by atoms with Crippen molar-refractivity contribution in [2.75, 3.05) is 0 Å². The molecule has 25 heavy (non-hydrogen) atoms. The molecule has 0 heterocycles. The Labute approximate surface area is 149 Å². The van der Waals surface area contributed by atoms with E-state index in [1.165, 1.54) is 53.5 Å². The van der Waals surface area contributed by atoms with Gasteiger partial charge >= 0.3 is 0 Å². The first kappa shape index (κ1) is 14.7. The standard InChI is InChI=1S/C25H22/c1-3-10-21(11-4-1)25(22-12-5-2-6-13-22)17-20-16-15-19-9-7-8-14-23(19)24(20)18-25/h1-6,8,10-14,17-18H,7,9,15-16H2. The molecule has 2 aromatic rings. The number of hydrogen-bond donors (Lipinski definition) is 0. The van der Waals surface area contributed by atoms with Gasteiger partial charge < -0.3 is 0 Å². The molecule has 0 atom stereocenters. The highest BCUT2D eigenvalue weighted by Crippen LogP contribution is 2.49. The van der Waals surface area contributed by atoms with Crippen LogP contribution >= 0.6 is 0 Å². The largest absolute Gasteiger partial charge is 0.0836 e. The monoisotopic (exact) mass is 322 g/mol. The summed E-state index contributed by atoms with van der Waals surface area (Å²) in [6.07, 6.45) is 14.6. The van der Waals surface area contributed by atoms with Crippen molar-refractivity contribution in [3.8, 4) is 0 Å². The van der Waals surface area contributed by atoms with Crippen LogP contribution in [-0.2, 0) is 5.41 Å². The summed E-state index contributed by atoms with van der Waals surface area (Å²) in [5, 5.41) is 0. The third-order valence-corrected chi connectivity index (χ3v) is 5.89.